The third-order valence-electron chi connectivity index (χ3n) is 6.80. The first-order chi connectivity index (χ1) is 19.0. The molecule has 1 aliphatic rings. The molecule has 5 rings (SSSR count). The molecular weight excluding hydrogens is 514 g/mol. The highest BCUT2D eigenvalue weighted by atomic mass is 32.2. The summed E-state index contributed by atoms with van der Waals surface area (Å²) in [5.41, 5.74) is 4.28. The molecule has 4 aromatic rings. The predicted octanol–water partition coefficient (Wildman–Crippen LogP) is 4.22. The normalized spacial score (nSPS) is 21.0. The van der Waals surface area contributed by atoms with Crippen LogP contribution in [-0.4, -0.2) is 42.6 Å². The molecule has 9 nitrogen and oxygen atoms in total. The molecule has 1 fully saturated rings. The van der Waals surface area contributed by atoms with Gasteiger partial charge in [0, 0.05) is 43.2 Å². The Balaban J connectivity index is 1.30. The number of benzene rings is 2. The molecule has 0 spiro atoms. The molecule has 1 aliphatic heterocycles. The maximum atomic E-state index is 12.4. The lowest BCUT2D eigenvalue weighted by atomic mass is 9.91. The number of nitrogens with one attached hydrogen (secondary N) is 1. The monoisotopic (exact) mass is 545 g/mol. The molecule has 0 aliphatic carbocycles. The van der Waals surface area contributed by atoms with E-state index in [1.807, 2.05) is 60.1 Å². The van der Waals surface area contributed by atoms with Crippen LogP contribution in [0.25, 0.3) is 0 Å². The number of carbonyl (C=O) groups excluding carboxylic acids is 1. The van der Waals surface area contributed by atoms with Gasteiger partial charge in [-0.25, -0.2) is 0 Å². The van der Waals surface area contributed by atoms with E-state index in [9.17, 15) is 9.90 Å². The van der Waals surface area contributed by atoms with Gasteiger partial charge in [-0.05, 0) is 28.8 Å². The molecule has 0 bridgehead atoms. The Labute approximate surface area is 231 Å². The lowest BCUT2D eigenvalue weighted by Crippen LogP contribution is -2.38. The van der Waals surface area contributed by atoms with Gasteiger partial charge in [0.25, 0.3) is 5.91 Å². The number of ether oxygens (including phenoxy) is 2. The van der Waals surface area contributed by atoms with Gasteiger partial charge < -0.3 is 24.5 Å². The number of hydrogen-bond donors (Lipinski definition) is 2. The molecule has 39 heavy (non-hydrogen) atoms. The van der Waals surface area contributed by atoms with Gasteiger partial charge in [-0.15, -0.1) is 10.2 Å². The first-order valence-corrected chi connectivity index (χ1v) is 13.7. The Morgan fingerprint density at radius 1 is 1.05 bits per heavy atom. The Kier molecular flexibility index (Phi) is 8.67. The second-order valence-corrected chi connectivity index (χ2v) is 10.5. The zero-order chi connectivity index (χ0) is 27.2. The van der Waals surface area contributed by atoms with Crippen molar-refractivity contribution in [3.05, 3.63) is 107 Å². The minimum Gasteiger partial charge on any atom is -0.392 e. The smallest absolute Gasteiger partial charge is 0.253 e. The Morgan fingerprint density at radius 3 is 2.46 bits per heavy atom. The van der Waals surface area contributed by atoms with Crippen molar-refractivity contribution >= 4 is 17.7 Å². The van der Waals surface area contributed by atoms with Gasteiger partial charge in [0.05, 0.1) is 24.4 Å². The fraction of sp³-hybridized carbons (Fsp3) is 0.310. The summed E-state index contributed by atoms with van der Waals surface area (Å²) in [6.45, 7) is 2.53. The van der Waals surface area contributed by atoms with Crippen LogP contribution in [0, 0.1) is 5.92 Å². The number of aryl methyl sites for hydroxylation is 1. The number of amides is 1. The van der Waals surface area contributed by atoms with Crippen LogP contribution < -0.4 is 5.32 Å². The zero-order valence-corrected chi connectivity index (χ0v) is 22.6. The number of aliphatic hydroxyl groups excluding tert-OH is 1. The minimum absolute atomic E-state index is 0.000894. The number of thioether (sulfide) groups is 1. The molecular formula is C29H31N5O4S. The Morgan fingerprint density at radius 2 is 1.79 bits per heavy atom. The van der Waals surface area contributed by atoms with Gasteiger partial charge in [0.15, 0.2) is 11.4 Å². The van der Waals surface area contributed by atoms with Gasteiger partial charge >= 0.3 is 0 Å². The highest BCUT2D eigenvalue weighted by Gasteiger charge is 2.38. The molecule has 0 radical (unpaired) electrons. The number of aliphatic hydroxyl groups is 1. The SMILES string of the molecule is C[C@H]1[C@@H](CSc2nncn2C)O[C@@H](c2ccc(CNC(=O)c3cccnc3)cc2)O[C@H]1c1ccc(CO)cc1. The van der Waals surface area contributed by atoms with E-state index in [0.717, 1.165) is 27.4 Å². The number of hydrogen-bond acceptors (Lipinski definition) is 8. The molecule has 4 atom stereocenters. The van der Waals surface area contributed by atoms with Gasteiger partial charge in [0.1, 0.15) is 6.33 Å². The lowest BCUT2D eigenvalue weighted by Gasteiger charge is -2.41. The third-order valence-corrected chi connectivity index (χ3v) is 7.92. The summed E-state index contributed by atoms with van der Waals surface area (Å²) in [5.74, 6) is 0.597. The van der Waals surface area contributed by atoms with Crippen molar-refractivity contribution in [2.75, 3.05) is 5.75 Å². The fourth-order valence-electron chi connectivity index (χ4n) is 4.44. The average Bonchev–Trinajstić information content (AvgIpc) is 3.40. The Bertz CT molecular complexity index is 1360. The van der Waals surface area contributed by atoms with Gasteiger partial charge in [-0.1, -0.05) is 67.2 Å². The van der Waals surface area contributed by atoms with Crippen LogP contribution in [0.2, 0.25) is 0 Å². The first kappa shape index (κ1) is 27.0. The van der Waals surface area contributed by atoms with Crippen molar-refractivity contribution in [2.24, 2.45) is 13.0 Å². The van der Waals surface area contributed by atoms with E-state index in [0.29, 0.717) is 17.9 Å². The number of aromatic nitrogens is 4. The molecule has 2 aromatic carbocycles. The van der Waals surface area contributed by atoms with Crippen LogP contribution >= 0.6 is 11.8 Å². The standard InChI is InChI=1S/C29H31N5O4S/c1-19-25(17-39-29-33-32-18-34(29)2)37-28(38-26(19)22-9-7-21(16-35)8-10-22)23-11-5-20(6-12-23)14-31-27(36)24-4-3-13-30-15-24/h3-13,15,18-19,25-26,28,35H,14,16-17H2,1-2H3,(H,31,36)/t19-,25+,26+,28+/m0/s1. The van der Waals surface area contributed by atoms with Crippen molar-refractivity contribution in [3.63, 3.8) is 0 Å². The summed E-state index contributed by atoms with van der Waals surface area (Å²) in [6.07, 6.45) is 4.01. The number of nitrogens with zero attached hydrogens (tertiary/aromatic N) is 4. The summed E-state index contributed by atoms with van der Waals surface area (Å²) in [7, 11) is 1.92. The van der Waals surface area contributed by atoms with Crippen molar-refractivity contribution in [1.82, 2.24) is 25.1 Å². The van der Waals surface area contributed by atoms with E-state index in [1.54, 1.807) is 42.6 Å². The quantitative estimate of drug-likeness (QED) is 0.301. The van der Waals surface area contributed by atoms with Crippen molar-refractivity contribution in [2.45, 2.75) is 43.7 Å². The van der Waals surface area contributed by atoms with Crippen LogP contribution in [0.5, 0.6) is 0 Å². The highest BCUT2D eigenvalue weighted by Crippen LogP contribution is 2.42. The van der Waals surface area contributed by atoms with Crippen molar-refractivity contribution in [1.29, 1.82) is 0 Å². The number of carbonyl (C=O) groups is 1. The molecule has 0 unspecified atom stereocenters. The molecule has 1 saturated heterocycles. The van der Waals surface area contributed by atoms with Gasteiger partial charge in [0.2, 0.25) is 0 Å². The van der Waals surface area contributed by atoms with Crippen LogP contribution in [-0.2, 0) is 29.7 Å². The predicted molar refractivity (Wildman–Crippen MR) is 147 cm³/mol. The molecule has 0 saturated carbocycles. The average molecular weight is 546 g/mol. The summed E-state index contributed by atoms with van der Waals surface area (Å²) >= 11 is 1.61. The van der Waals surface area contributed by atoms with Crippen LogP contribution in [0.15, 0.2) is 84.5 Å². The zero-order valence-electron chi connectivity index (χ0n) is 21.8. The van der Waals surface area contributed by atoms with E-state index in [-0.39, 0.29) is 30.6 Å². The van der Waals surface area contributed by atoms with E-state index in [4.69, 9.17) is 9.47 Å². The molecule has 2 aromatic heterocycles. The van der Waals surface area contributed by atoms with Gasteiger partial charge in [-0.2, -0.15) is 0 Å². The first-order valence-electron chi connectivity index (χ1n) is 12.8. The Hall–Kier alpha value is -3.57. The summed E-state index contributed by atoms with van der Waals surface area (Å²) in [4.78, 5) is 16.4. The van der Waals surface area contributed by atoms with Crippen molar-refractivity contribution in [3.8, 4) is 0 Å². The molecule has 202 valence electrons. The molecule has 3 heterocycles. The van der Waals surface area contributed by atoms with Crippen LogP contribution in [0.4, 0.5) is 0 Å². The van der Waals surface area contributed by atoms with E-state index in [2.05, 4.69) is 27.4 Å². The van der Waals surface area contributed by atoms with Crippen molar-refractivity contribution < 1.29 is 19.4 Å². The third kappa shape index (κ3) is 6.54. The fourth-order valence-corrected chi connectivity index (χ4v) is 5.50. The number of pyridine rings is 1. The lowest BCUT2D eigenvalue weighted by molar-refractivity contribution is -0.268. The highest BCUT2D eigenvalue weighted by molar-refractivity contribution is 7.99. The molecule has 1 amide bonds. The summed E-state index contributed by atoms with van der Waals surface area (Å²) in [6, 6.07) is 19.2. The van der Waals surface area contributed by atoms with Crippen LogP contribution in [0.1, 0.15) is 51.9 Å². The summed E-state index contributed by atoms with van der Waals surface area (Å²) in [5, 5.41) is 21.4. The minimum atomic E-state index is -0.562. The van der Waals surface area contributed by atoms with Crippen LogP contribution in [0.3, 0.4) is 0 Å². The maximum absolute atomic E-state index is 12.4. The summed E-state index contributed by atoms with van der Waals surface area (Å²) < 4.78 is 14.9. The van der Waals surface area contributed by atoms with E-state index in [1.165, 1.54) is 0 Å². The largest absolute Gasteiger partial charge is 0.392 e. The van der Waals surface area contributed by atoms with Gasteiger partial charge in [-0.3, -0.25) is 9.78 Å². The van der Waals surface area contributed by atoms with E-state index < -0.39 is 6.29 Å². The molecule has 2 N–H and O–H groups in total. The molecule has 10 heteroatoms. The maximum Gasteiger partial charge on any atom is 0.253 e. The van der Waals surface area contributed by atoms with E-state index >= 15 is 0 Å². The number of rotatable bonds is 9. The topological polar surface area (TPSA) is 111 Å². The second-order valence-electron chi connectivity index (χ2n) is 9.52. The second kappa shape index (κ2) is 12.5.